The van der Waals surface area contributed by atoms with Crippen molar-refractivity contribution in [1.82, 2.24) is 0 Å². The zero-order valence-electron chi connectivity index (χ0n) is 15.4. The van der Waals surface area contributed by atoms with E-state index in [0.29, 0.717) is 11.7 Å². The van der Waals surface area contributed by atoms with E-state index in [-0.39, 0.29) is 5.97 Å². The SMILES string of the molecule is CC(=O)Oc1ccccc1C1=Cc2ccccc2C(C2CCCCC2)C1. The number of carbonyl (C=O) groups is 1. The van der Waals surface area contributed by atoms with Crippen LogP contribution in [0.2, 0.25) is 0 Å². The Hall–Kier alpha value is -2.35. The molecule has 0 N–H and O–H groups in total. The summed E-state index contributed by atoms with van der Waals surface area (Å²) in [5.74, 6) is 1.73. The van der Waals surface area contributed by atoms with E-state index in [4.69, 9.17) is 4.74 Å². The number of hydrogen-bond acceptors (Lipinski definition) is 2. The van der Waals surface area contributed by atoms with Crippen LogP contribution in [0, 0.1) is 5.92 Å². The molecule has 2 heteroatoms. The van der Waals surface area contributed by atoms with Gasteiger partial charge in [-0.3, -0.25) is 4.79 Å². The predicted molar refractivity (Wildman–Crippen MR) is 106 cm³/mol. The minimum atomic E-state index is -0.266. The van der Waals surface area contributed by atoms with Crippen LogP contribution >= 0.6 is 0 Å². The number of esters is 1. The highest BCUT2D eigenvalue weighted by Gasteiger charge is 2.30. The Balaban J connectivity index is 1.74. The summed E-state index contributed by atoms with van der Waals surface area (Å²) < 4.78 is 5.49. The van der Waals surface area contributed by atoms with E-state index in [2.05, 4.69) is 36.4 Å². The van der Waals surface area contributed by atoms with Crippen molar-refractivity contribution in [2.24, 2.45) is 5.92 Å². The van der Waals surface area contributed by atoms with Gasteiger partial charge < -0.3 is 4.74 Å². The molecule has 4 rings (SSSR count). The van der Waals surface area contributed by atoms with Gasteiger partial charge in [-0.05, 0) is 53.9 Å². The number of fused-ring (bicyclic) bond motifs is 1. The van der Waals surface area contributed by atoms with Gasteiger partial charge in [0.05, 0.1) is 0 Å². The molecule has 0 radical (unpaired) electrons. The van der Waals surface area contributed by atoms with Crippen molar-refractivity contribution in [3.8, 4) is 5.75 Å². The summed E-state index contributed by atoms with van der Waals surface area (Å²) in [4.78, 5) is 11.5. The van der Waals surface area contributed by atoms with Gasteiger partial charge >= 0.3 is 5.97 Å². The molecule has 134 valence electrons. The summed E-state index contributed by atoms with van der Waals surface area (Å²) in [6, 6.07) is 16.7. The lowest BCUT2D eigenvalue weighted by Crippen LogP contribution is -2.20. The highest BCUT2D eigenvalue weighted by Crippen LogP contribution is 2.47. The van der Waals surface area contributed by atoms with Crippen LogP contribution < -0.4 is 4.74 Å². The second-order valence-corrected chi connectivity index (χ2v) is 7.60. The molecule has 0 spiro atoms. The molecule has 2 aromatic carbocycles. The molecule has 0 saturated heterocycles. The highest BCUT2D eigenvalue weighted by molar-refractivity contribution is 5.88. The van der Waals surface area contributed by atoms with Crippen LogP contribution in [0.25, 0.3) is 11.6 Å². The number of rotatable bonds is 3. The molecule has 0 heterocycles. The first kappa shape index (κ1) is 17.1. The number of hydrogen-bond donors (Lipinski definition) is 0. The minimum Gasteiger partial charge on any atom is -0.426 e. The van der Waals surface area contributed by atoms with Gasteiger partial charge in [-0.15, -0.1) is 0 Å². The van der Waals surface area contributed by atoms with Crippen LogP contribution in [-0.4, -0.2) is 5.97 Å². The normalized spacial score (nSPS) is 20.2. The van der Waals surface area contributed by atoms with Crippen LogP contribution in [0.5, 0.6) is 5.75 Å². The lowest BCUT2D eigenvalue weighted by molar-refractivity contribution is -0.131. The second kappa shape index (κ2) is 7.49. The fourth-order valence-electron chi connectivity index (χ4n) is 4.69. The average molecular weight is 346 g/mol. The van der Waals surface area contributed by atoms with Crippen molar-refractivity contribution < 1.29 is 9.53 Å². The van der Waals surface area contributed by atoms with Crippen molar-refractivity contribution in [2.45, 2.75) is 51.4 Å². The lowest BCUT2D eigenvalue weighted by atomic mass is 9.70. The van der Waals surface area contributed by atoms with Crippen molar-refractivity contribution in [3.05, 3.63) is 65.2 Å². The van der Waals surface area contributed by atoms with Gasteiger partial charge in [0.1, 0.15) is 5.75 Å². The molecule has 2 aliphatic carbocycles. The average Bonchev–Trinajstić information content (AvgIpc) is 2.68. The molecule has 1 fully saturated rings. The molecule has 1 unspecified atom stereocenters. The van der Waals surface area contributed by atoms with E-state index in [0.717, 1.165) is 17.9 Å². The van der Waals surface area contributed by atoms with E-state index in [1.807, 2.05) is 18.2 Å². The quantitative estimate of drug-likeness (QED) is 0.487. The third-order valence-electron chi connectivity index (χ3n) is 5.87. The van der Waals surface area contributed by atoms with Gasteiger partial charge in [0.2, 0.25) is 0 Å². The molecule has 2 aromatic rings. The highest BCUT2D eigenvalue weighted by atomic mass is 16.5. The fourth-order valence-corrected chi connectivity index (χ4v) is 4.69. The van der Waals surface area contributed by atoms with E-state index in [1.165, 1.54) is 55.7 Å². The second-order valence-electron chi connectivity index (χ2n) is 7.60. The van der Waals surface area contributed by atoms with Gasteiger partial charge in [-0.1, -0.05) is 67.8 Å². The summed E-state index contributed by atoms with van der Waals surface area (Å²) in [5, 5.41) is 0. The molecule has 0 aliphatic heterocycles. The van der Waals surface area contributed by atoms with Crippen LogP contribution in [0.15, 0.2) is 48.5 Å². The number of allylic oxidation sites excluding steroid dienone is 1. The molecular weight excluding hydrogens is 320 g/mol. The Morgan fingerprint density at radius 2 is 1.69 bits per heavy atom. The van der Waals surface area contributed by atoms with Crippen molar-refractivity contribution in [2.75, 3.05) is 0 Å². The van der Waals surface area contributed by atoms with Gasteiger partial charge in [-0.25, -0.2) is 0 Å². The Morgan fingerprint density at radius 3 is 2.50 bits per heavy atom. The maximum Gasteiger partial charge on any atom is 0.308 e. The van der Waals surface area contributed by atoms with E-state index < -0.39 is 0 Å². The molecule has 1 atom stereocenters. The Morgan fingerprint density at radius 1 is 0.962 bits per heavy atom. The molecule has 2 aliphatic rings. The van der Waals surface area contributed by atoms with Gasteiger partial charge in [-0.2, -0.15) is 0 Å². The van der Waals surface area contributed by atoms with Crippen molar-refractivity contribution in [1.29, 1.82) is 0 Å². The third-order valence-corrected chi connectivity index (χ3v) is 5.87. The van der Waals surface area contributed by atoms with Crippen LogP contribution in [0.1, 0.15) is 68.1 Å². The first-order chi connectivity index (χ1) is 12.7. The first-order valence-electron chi connectivity index (χ1n) is 9.79. The molecule has 0 bridgehead atoms. The maximum atomic E-state index is 11.5. The van der Waals surface area contributed by atoms with E-state index in [9.17, 15) is 4.79 Å². The maximum absolute atomic E-state index is 11.5. The standard InChI is InChI=1S/C24H26O2/c1-17(25)26-24-14-8-7-13-22(24)20-15-19-11-5-6-12-21(19)23(16-20)18-9-3-2-4-10-18/h5-8,11-15,18,23H,2-4,9-10,16H2,1H3. The summed E-state index contributed by atoms with van der Waals surface area (Å²) in [5.41, 5.74) is 5.16. The summed E-state index contributed by atoms with van der Waals surface area (Å²) in [6.45, 7) is 1.46. The topological polar surface area (TPSA) is 26.3 Å². The smallest absolute Gasteiger partial charge is 0.308 e. The van der Waals surface area contributed by atoms with Gasteiger partial charge in [0.15, 0.2) is 0 Å². The molecule has 1 saturated carbocycles. The molecule has 26 heavy (non-hydrogen) atoms. The molecule has 0 aromatic heterocycles. The predicted octanol–water partition coefficient (Wildman–Crippen LogP) is 6.22. The molecule has 2 nitrogen and oxygen atoms in total. The van der Waals surface area contributed by atoms with Gasteiger partial charge in [0.25, 0.3) is 0 Å². The van der Waals surface area contributed by atoms with Crippen LogP contribution in [0.3, 0.4) is 0 Å². The summed E-state index contributed by atoms with van der Waals surface area (Å²) in [7, 11) is 0. The fraction of sp³-hybridized carbons (Fsp3) is 0.375. The molecule has 0 amide bonds. The Bertz CT molecular complexity index is 828. The Labute approximate surface area is 155 Å². The zero-order valence-corrected chi connectivity index (χ0v) is 15.4. The monoisotopic (exact) mass is 346 g/mol. The van der Waals surface area contributed by atoms with Crippen LogP contribution in [-0.2, 0) is 4.79 Å². The van der Waals surface area contributed by atoms with Gasteiger partial charge in [0, 0.05) is 12.5 Å². The largest absolute Gasteiger partial charge is 0.426 e. The van der Waals surface area contributed by atoms with Crippen LogP contribution in [0.4, 0.5) is 0 Å². The summed E-state index contributed by atoms with van der Waals surface area (Å²) >= 11 is 0. The lowest BCUT2D eigenvalue weighted by Gasteiger charge is -2.35. The molecular formula is C24H26O2. The van der Waals surface area contributed by atoms with Crippen molar-refractivity contribution >= 4 is 17.6 Å². The number of benzene rings is 2. The number of para-hydroxylation sites is 1. The minimum absolute atomic E-state index is 0.266. The summed E-state index contributed by atoms with van der Waals surface area (Å²) in [6.07, 6.45) is 10.1. The van der Waals surface area contributed by atoms with E-state index in [1.54, 1.807) is 0 Å². The third kappa shape index (κ3) is 3.46. The van der Waals surface area contributed by atoms with E-state index >= 15 is 0 Å². The zero-order chi connectivity index (χ0) is 17.9. The first-order valence-corrected chi connectivity index (χ1v) is 9.79. The number of carbonyl (C=O) groups excluding carboxylic acids is 1. The number of ether oxygens (including phenoxy) is 1. The Kier molecular flexibility index (Phi) is 4.92. The van der Waals surface area contributed by atoms with Crippen molar-refractivity contribution in [3.63, 3.8) is 0 Å².